The summed E-state index contributed by atoms with van der Waals surface area (Å²) in [4.78, 5) is 11.1. The van der Waals surface area contributed by atoms with Crippen LogP contribution in [0.5, 0.6) is 0 Å². The van der Waals surface area contributed by atoms with Crippen molar-refractivity contribution in [2.75, 3.05) is 6.54 Å². The van der Waals surface area contributed by atoms with Gasteiger partial charge in [0.05, 0.1) is 10.7 Å². The molecule has 1 aromatic carbocycles. The molecule has 0 aliphatic carbocycles. The second-order valence-electron chi connectivity index (χ2n) is 4.69. The molecule has 0 fully saturated rings. The molecule has 0 amide bonds. The maximum Gasteiger partial charge on any atom is 0.269 e. The Kier molecular flexibility index (Phi) is 5.28. The third-order valence-corrected chi connectivity index (χ3v) is 5.89. The molecule has 8 heteroatoms. The van der Waals surface area contributed by atoms with E-state index in [1.165, 1.54) is 39.9 Å². The standard InChI is InChI=1S/C14H16N2O4S2/c1-2-15(10-14-4-3-9-21-14)22(19,20)11-12-5-7-13(8-6-12)16(17)18/h3-9H,2,10-11H2,1H3. The minimum absolute atomic E-state index is 0.0490. The van der Waals surface area contributed by atoms with Crippen LogP contribution in [0.1, 0.15) is 17.4 Å². The Morgan fingerprint density at radius 1 is 1.23 bits per heavy atom. The summed E-state index contributed by atoms with van der Waals surface area (Å²) in [5, 5.41) is 12.5. The van der Waals surface area contributed by atoms with E-state index in [-0.39, 0.29) is 11.4 Å². The minimum atomic E-state index is -3.46. The molecule has 118 valence electrons. The van der Waals surface area contributed by atoms with Gasteiger partial charge in [-0.2, -0.15) is 4.31 Å². The van der Waals surface area contributed by atoms with Gasteiger partial charge in [-0.1, -0.05) is 25.1 Å². The van der Waals surface area contributed by atoms with E-state index in [4.69, 9.17) is 0 Å². The Bertz CT molecular complexity index is 725. The number of hydrogen-bond acceptors (Lipinski definition) is 5. The van der Waals surface area contributed by atoms with E-state index >= 15 is 0 Å². The summed E-state index contributed by atoms with van der Waals surface area (Å²) < 4.78 is 26.4. The summed E-state index contributed by atoms with van der Waals surface area (Å²) in [5.41, 5.74) is 0.488. The van der Waals surface area contributed by atoms with Gasteiger partial charge >= 0.3 is 0 Å². The van der Waals surface area contributed by atoms with Crippen LogP contribution in [-0.2, 0) is 22.3 Å². The SMILES string of the molecule is CCN(Cc1cccs1)S(=O)(=O)Cc1ccc([N+](=O)[O-])cc1. The van der Waals surface area contributed by atoms with E-state index in [9.17, 15) is 18.5 Å². The van der Waals surface area contributed by atoms with Gasteiger partial charge in [-0.05, 0) is 17.0 Å². The number of thiophene rings is 1. The smallest absolute Gasteiger partial charge is 0.258 e. The van der Waals surface area contributed by atoms with Crippen LogP contribution in [0.3, 0.4) is 0 Å². The first-order valence-electron chi connectivity index (χ1n) is 6.66. The fourth-order valence-electron chi connectivity index (χ4n) is 2.00. The van der Waals surface area contributed by atoms with Crippen LogP contribution in [0.15, 0.2) is 41.8 Å². The van der Waals surface area contributed by atoms with Gasteiger partial charge in [-0.15, -0.1) is 11.3 Å². The topological polar surface area (TPSA) is 80.5 Å². The van der Waals surface area contributed by atoms with Gasteiger partial charge < -0.3 is 0 Å². The Balaban J connectivity index is 2.12. The van der Waals surface area contributed by atoms with Crippen molar-refractivity contribution in [3.8, 4) is 0 Å². The molecule has 0 bridgehead atoms. The first-order chi connectivity index (χ1) is 10.4. The normalized spacial score (nSPS) is 11.7. The molecule has 0 aliphatic rings. The lowest BCUT2D eigenvalue weighted by atomic mass is 10.2. The average Bonchev–Trinajstić information content (AvgIpc) is 2.97. The summed E-state index contributed by atoms with van der Waals surface area (Å²) in [6.45, 7) is 2.53. The summed E-state index contributed by atoms with van der Waals surface area (Å²) in [5.74, 6) is -0.162. The third-order valence-electron chi connectivity index (χ3n) is 3.15. The predicted octanol–water partition coefficient (Wildman–Crippen LogP) is 3.01. The number of benzene rings is 1. The van der Waals surface area contributed by atoms with Gasteiger partial charge in [0.15, 0.2) is 0 Å². The number of nitrogens with zero attached hydrogens (tertiary/aromatic N) is 2. The van der Waals surface area contributed by atoms with Crippen molar-refractivity contribution in [3.63, 3.8) is 0 Å². The molecule has 0 saturated heterocycles. The molecule has 0 saturated carbocycles. The van der Waals surface area contributed by atoms with Crippen molar-refractivity contribution < 1.29 is 13.3 Å². The fourth-order valence-corrected chi connectivity index (χ4v) is 4.33. The number of nitro groups is 1. The second kappa shape index (κ2) is 6.99. The Hall–Kier alpha value is -1.77. The summed E-state index contributed by atoms with van der Waals surface area (Å²) in [6.07, 6.45) is 0. The number of nitro benzene ring substituents is 1. The Morgan fingerprint density at radius 3 is 2.41 bits per heavy atom. The number of non-ortho nitro benzene ring substituents is 1. The van der Waals surface area contributed by atoms with E-state index in [1.54, 1.807) is 6.92 Å². The van der Waals surface area contributed by atoms with Crippen LogP contribution < -0.4 is 0 Å². The van der Waals surface area contributed by atoms with Gasteiger partial charge in [0.1, 0.15) is 0 Å². The quantitative estimate of drug-likeness (QED) is 0.573. The first-order valence-corrected chi connectivity index (χ1v) is 9.15. The third kappa shape index (κ3) is 4.12. The zero-order valence-corrected chi connectivity index (χ0v) is 13.6. The molecule has 0 N–H and O–H groups in total. The van der Waals surface area contributed by atoms with E-state index in [0.29, 0.717) is 18.7 Å². The zero-order chi connectivity index (χ0) is 16.2. The van der Waals surface area contributed by atoms with Crippen molar-refractivity contribution in [1.82, 2.24) is 4.31 Å². The highest BCUT2D eigenvalue weighted by atomic mass is 32.2. The molecule has 0 radical (unpaired) electrons. The zero-order valence-electron chi connectivity index (χ0n) is 12.0. The summed E-state index contributed by atoms with van der Waals surface area (Å²) >= 11 is 1.51. The second-order valence-corrected chi connectivity index (χ2v) is 7.69. The summed E-state index contributed by atoms with van der Waals surface area (Å²) in [7, 11) is -3.46. The Morgan fingerprint density at radius 2 is 1.91 bits per heavy atom. The van der Waals surface area contributed by atoms with Crippen LogP contribution in [-0.4, -0.2) is 24.2 Å². The highest BCUT2D eigenvalue weighted by molar-refractivity contribution is 7.88. The first kappa shape index (κ1) is 16.6. The molecule has 6 nitrogen and oxygen atoms in total. The van der Waals surface area contributed by atoms with Gasteiger partial charge in [0.2, 0.25) is 10.0 Å². The molecule has 0 unspecified atom stereocenters. The molecule has 0 spiro atoms. The van der Waals surface area contributed by atoms with Gasteiger partial charge in [0, 0.05) is 30.1 Å². The Labute approximate surface area is 133 Å². The maximum atomic E-state index is 12.5. The van der Waals surface area contributed by atoms with Crippen LogP contribution in [0.4, 0.5) is 5.69 Å². The largest absolute Gasteiger partial charge is 0.269 e. The minimum Gasteiger partial charge on any atom is -0.258 e. The molecule has 22 heavy (non-hydrogen) atoms. The molecular formula is C14H16N2O4S2. The van der Waals surface area contributed by atoms with E-state index < -0.39 is 14.9 Å². The van der Waals surface area contributed by atoms with Crippen molar-refractivity contribution >= 4 is 27.0 Å². The van der Waals surface area contributed by atoms with E-state index in [0.717, 1.165) is 4.88 Å². The molecule has 0 atom stereocenters. The maximum absolute atomic E-state index is 12.5. The lowest BCUT2D eigenvalue weighted by molar-refractivity contribution is -0.384. The molecule has 1 aromatic heterocycles. The number of rotatable bonds is 7. The lowest BCUT2D eigenvalue weighted by Crippen LogP contribution is -2.31. The van der Waals surface area contributed by atoms with Crippen molar-refractivity contribution in [2.45, 2.75) is 19.2 Å². The van der Waals surface area contributed by atoms with E-state index in [1.807, 2.05) is 17.5 Å². The van der Waals surface area contributed by atoms with Gasteiger partial charge in [-0.25, -0.2) is 8.42 Å². The average molecular weight is 340 g/mol. The molecule has 2 rings (SSSR count). The van der Waals surface area contributed by atoms with Gasteiger partial charge in [-0.3, -0.25) is 10.1 Å². The highest BCUT2D eigenvalue weighted by Crippen LogP contribution is 2.19. The highest BCUT2D eigenvalue weighted by Gasteiger charge is 2.22. The monoisotopic (exact) mass is 340 g/mol. The number of sulfonamides is 1. The molecular weight excluding hydrogens is 324 g/mol. The van der Waals surface area contributed by atoms with E-state index in [2.05, 4.69) is 0 Å². The van der Waals surface area contributed by atoms with Crippen LogP contribution >= 0.6 is 11.3 Å². The molecule has 1 heterocycles. The summed E-state index contributed by atoms with van der Waals surface area (Å²) in [6, 6.07) is 9.38. The van der Waals surface area contributed by atoms with Crippen LogP contribution in [0.2, 0.25) is 0 Å². The fraction of sp³-hybridized carbons (Fsp3) is 0.286. The van der Waals surface area contributed by atoms with Crippen LogP contribution in [0, 0.1) is 10.1 Å². The van der Waals surface area contributed by atoms with Crippen molar-refractivity contribution in [3.05, 3.63) is 62.3 Å². The number of hydrogen-bond donors (Lipinski definition) is 0. The van der Waals surface area contributed by atoms with Crippen molar-refractivity contribution in [1.29, 1.82) is 0 Å². The molecule has 2 aromatic rings. The van der Waals surface area contributed by atoms with Crippen LogP contribution in [0.25, 0.3) is 0 Å². The lowest BCUT2D eigenvalue weighted by Gasteiger charge is -2.19. The predicted molar refractivity (Wildman–Crippen MR) is 86.1 cm³/mol. The van der Waals surface area contributed by atoms with Gasteiger partial charge in [0.25, 0.3) is 5.69 Å². The molecule has 0 aliphatic heterocycles. The van der Waals surface area contributed by atoms with Crippen molar-refractivity contribution in [2.24, 2.45) is 0 Å².